The van der Waals surface area contributed by atoms with Gasteiger partial charge in [0.05, 0.1) is 6.61 Å². The molecule has 2 unspecified atom stereocenters. The maximum absolute atomic E-state index is 11.4. The van der Waals surface area contributed by atoms with E-state index in [1.807, 2.05) is 13.0 Å². The molecule has 0 aromatic heterocycles. The Bertz CT molecular complexity index is 328. The average molecular weight is 357 g/mol. The van der Waals surface area contributed by atoms with Gasteiger partial charge in [-0.3, -0.25) is 4.79 Å². The number of allylic oxidation sites excluding steroid dienone is 1. The van der Waals surface area contributed by atoms with Gasteiger partial charge in [-0.05, 0) is 19.8 Å². The van der Waals surface area contributed by atoms with Gasteiger partial charge in [0.1, 0.15) is 6.10 Å². The number of unbranched alkanes of at least 4 members (excludes halogenated alkanes) is 9. The topological polar surface area (TPSA) is 55.8 Å². The van der Waals surface area contributed by atoms with Gasteiger partial charge in [0, 0.05) is 13.0 Å². The number of carbonyl (C=O) groups is 1. The fourth-order valence-electron chi connectivity index (χ4n) is 2.62. The molecule has 0 aromatic rings. The highest BCUT2D eigenvalue weighted by molar-refractivity contribution is 5.69. The third-order valence-electron chi connectivity index (χ3n) is 4.25. The SMILES string of the molecule is CCCCCCCCCCC/C=C/C(O)C(COCC)OC(=O)CC. The van der Waals surface area contributed by atoms with Crippen molar-refractivity contribution in [2.45, 2.75) is 104 Å². The van der Waals surface area contributed by atoms with Gasteiger partial charge >= 0.3 is 5.97 Å². The third kappa shape index (κ3) is 15.1. The Morgan fingerprint density at radius 3 is 2.12 bits per heavy atom. The zero-order valence-electron chi connectivity index (χ0n) is 16.7. The van der Waals surface area contributed by atoms with E-state index in [1.165, 1.54) is 51.4 Å². The van der Waals surface area contributed by atoms with Crippen LogP contribution >= 0.6 is 0 Å². The minimum absolute atomic E-state index is 0.228. The van der Waals surface area contributed by atoms with Crippen molar-refractivity contribution in [1.29, 1.82) is 0 Å². The van der Waals surface area contributed by atoms with Crippen molar-refractivity contribution in [3.63, 3.8) is 0 Å². The lowest BCUT2D eigenvalue weighted by atomic mass is 10.1. The summed E-state index contributed by atoms with van der Waals surface area (Å²) in [6.45, 7) is 6.63. The molecule has 148 valence electrons. The van der Waals surface area contributed by atoms with Crippen molar-refractivity contribution in [3.05, 3.63) is 12.2 Å². The summed E-state index contributed by atoms with van der Waals surface area (Å²) < 4.78 is 10.5. The Morgan fingerprint density at radius 2 is 1.56 bits per heavy atom. The van der Waals surface area contributed by atoms with Gasteiger partial charge < -0.3 is 14.6 Å². The Morgan fingerprint density at radius 1 is 0.960 bits per heavy atom. The molecule has 0 radical (unpaired) electrons. The van der Waals surface area contributed by atoms with E-state index in [2.05, 4.69) is 6.92 Å². The predicted octanol–water partition coefficient (Wildman–Crippen LogP) is 5.18. The van der Waals surface area contributed by atoms with Gasteiger partial charge in [0.2, 0.25) is 0 Å². The van der Waals surface area contributed by atoms with Crippen LogP contribution in [0.2, 0.25) is 0 Å². The number of esters is 1. The van der Waals surface area contributed by atoms with E-state index in [1.54, 1.807) is 13.0 Å². The largest absolute Gasteiger partial charge is 0.457 e. The lowest BCUT2D eigenvalue weighted by Crippen LogP contribution is -2.34. The fraction of sp³-hybridized carbons (Fsp3) is 0.857. The van der Waals surface area contributed by atoms with E-state index in [9.17, 15) is 9.90 Å². The molecule has 2 atom stereocenters. The molecule has 0 aliphatic heterocycles. The van der Waals surface area contributed by atoms with Gasteiger partial charge in [-0.15, -0.1) is 0 Å². The number of hydrogen-bond donors (Lipinski definition) is 1. The van der Waals surface area contributed by atoms with Crippen LogP contribution in [0, 0.1) is 0 Å². The van der Waals surface area contributed by atoms with E-state index in [-0.39, 0.29) is 12.6 Å². The highest BCUT2D eigenvalue weighted by Crippen LogP contribution is 2.11. The summed E-state index contributed by atoms with van der Waals surface area (Å²) >= 11 is 0. The molecule has 0 heterocycles. The van der Waals surface area contributed by atoms with Crippen molar-refractivity contribution in [3.8, 4) is 0 Å². The molecular weight excluding hydrogens is 316 g/mol. The molecule has 0 amide bonds. The van der Waals surface area contributed by atoms with Crippen molar-refractivity contribution in [1.82, 2.24) is 0 Å². The highest BCUT2D eigenvalue weighted by atomic mass is 16.6. The molecule has 0 aliphatic carbocycles. The average Bonchev–Trinajstić information content (AvgIpc) is 2.62. The number of hydrogen-bond acceptors (Lipinski definition) is 4. The first-order valence-corrected chi connectivity index (χ1v) is 10.3. The summed E-state index contributed by atoms with van der Waals surface area (Å²) in [5.41, 5.74) is 0. The molecule has 0 saturated carbocycles. The second kappa shape index (κ2) is 17.9. The molecule has 0 spiro atoms. The van der Waals surface area contributed by atoms with Crippen molar-refractivity contribution >= 4 is 5.97 Å². The second-order valence-corrected chi connectivity index (χ2v) is 6.58. The minimum Gasteiger partial charge on any atom is -0.457 e. The van der Waals surface area contributed by atoms with Crippen molar-refractivity contribution < 1.29 is 19.4 Å². The molecule has 4 nitrogen and oxygen atoms in total. The number of ether oxygens (including phenoxy) is 2. The number of carbonyl (C=O) groups excluding carboxylic acids is 1. The van der Waals surface area contributed by atoms with Gasteiger partial charge in [0.15, 0.2) is 6.10 Å². The molecule has 25 heavy (non-hydrogen) atoms. The summed E-state index contributed by atoms with van der Waals surface area (Å²) in [7, 11) is 0. The van der Waals surface area contributed by atoms with Gasteiger partial charge in [-0.25, -0.2) is 0 Å². The van der Waals surface area contributed by atoms with Crippen LogP contribution in [0.1, 0.15) is 91.4 Å². The molecule has 0 fully saturated rings. The van der Waals surface area contributed by atoms with E-state index in [0.717, 1.165) is 12.8 Å². The van der Waals surface area contributed by atoms with Gasteiger partial charge in [0.25, 0.3) is 0 Å². The van der Waals surface area contributed by atoms with Crippen LogP contribution in [0.15, 0.2) is 12.2 Å². The van der Waals surface area contributed by atoms with E-state index in [0.29, 0.717) is 13.0 Å². The number of rotatable bonds is 17. The van der Waals surface area contributed by atoms with Crippen molar-refractivity contribution in [2.24, 2.45) is 0 Å². The highest BCUT2D eigenvalue weighted by Gasteiger charge is 2.20. The van der Waals surface area contributed by atoms with Crippen LogP contribution in [0.4, 0.5) is 0 Å². The maximum atomic E-state index is 11.4. The first kappa shape index (κ1) is 24.1. The standard InChI is InChI=1S/C21H40O4/c1-4-7-8-9-10-11-12-13-14-15-16-17-19(22)20(18-24-6-3)25-21(23)5-2/h16-17,19-20,22H,4-15,18H2,1-3H3/b17-16+. The maximum Gasteiger partial charge on any atom is 0.305 e. The van der Waals surface area contributed by atoms with Gasteiger partial charge in [-0.2, -0.15) is 0 Å². The van der Waals surface area contributed by atoms with Crippen LogP contribution in [-0.4, -0.2) is 36.5 Å². The zero-order valence-corrected chi connectivity index (χ0v) is 16.7. The lowest BCUT2D eigenvalue weighted by molar-refractivity contribution is -0.157. The summed E-state index contributed by atoms with van der Waals surface area (Å²) in [5.74, 6) is -0.309. The molecule has 4 heteroatoms. The minimum atomic E-state index is -0.805. The third-order valence-corrected chi connectivity index (χ3v) is 4.25. The first-order valence-electron chi connectivity index (χ1n) is 10.3. The quantitative estimate of drug-likeness (QED) is 0.221. The summed E-state index contributed by atoms with van der Waals surface area (Å²) in [5, 5.41) is 10.2. The Hall–Kier alpha value is -0.870. The van der Waals surface area contributed by atoms with E-state index < -0.39 is 12.2 Å². The Balaban J connectivity index is 3.82. The molecule has 0 saturated heterocycles. The van der Waals surface area contributed by atoms with Crippen LogP contribution in [0.3, 0.4) is 0 Å². The van der Waals surface area contributed by atoms with Crippen molar-refractivity contribution in [2.75, 3.05) is 13.2 Å². The molecular formula is C21H40O4. The van der Waals surface area contributed by atoms with E-state index in [4.69, 9.17) is 9.47 Å². The second-order valence-electron chi connectivity index (χ2n) is 6.58. The van der Waals surface area contributed by atoms with Gasteiger partial charge in [-0.1, -0.05) is 77.4 Å². The fourth-order valence-corrected chi connectivity index (χ4v) is 2.62. The van der Waals surface area contributed by atoms with Crippen LogP contribution in [0.5, 0.6) is 0 Å². The lowest BCUT2D eigenvalue weighted by Gasteiger charge is -2.20. The monoisotopic (exact) mass is 356 g/mol. The number of aliphatic hydroxyl groups is 1. The van der Waals surface area contributed by atoms with E-state index >= 15 is 0 Å². The van der Waals surface area contributed by atoms with Crippen LogP contribution in [0.25, 0.3) is 0 Å². The zero-order chi connectivity index (χ0) is 18.8. The normalized spacial score (nSPS) is 13.9. The smallest absolute Gasteiger partial charge is 0.305 e. The molecule has 0 aromatic carbocycles. The number of aliphatic hydroxyl groups excluding tert-OH is 1. The molecule has 0 bridgehead atoms. The summed E-state index contributed by atoms with van der Waals surface area (Å²) in [4.78, 5) is 11.4. The summed E-state index contributed by atoms with van der Waals surface area (Å²) in [6.07, 6.45) is 15.3. The van der Waals surface area contributed by atoms with Crippen LogP contribution in [-0.2, 0) is 14.3 Å². The molecule has 0 aliphatic rings. The van der Waals surface area contributed by atoms with Crippen LogP contribution < -0.4 is 0 Å². The Labute approximate surface area is 155 Å². The predicted molar refractivity (Wildman–Crippen MR) is 104 cm³/mol. The molecule has 0 rings (SSSR count). The Kier molecular flexibility index (Phi) is 17.3. The molecule has 1 N–H and O–H groups in total. The first-order chi connectivity index (χ1) is 12.2. The summed E-state index contributed by atoms with van der Waals surface area (Å²) in [6, 6.07) is 0.